The molecule has 1 atom stereocenters. The largest absolute Gasteiger partial charge is 0.370 e. The number of benzene rings is 2. The lowest BCUT2D eigenvalue weighted by atomic mass is 9.93. The van der Waals surface area contributed by atoms with Crippen molar-refractivity contribution in [2.75, 3.05) is 19.6 Å². The second-order valence-corrected chi connectivity index (χ2v) is 6.16. The van der Waals surface area contributed by atoms with Crippen molar-refractivity contribution in [2.45, 2.75) is 18.4 Å². The van der Waals surface area contributed by atoms with Crippen LogP contribution in [0.3, 0.4) is 0 Å². The van der Waals surface area contributed by atoms with E-state index in [9.17, 15) is 5.11 Å². The third kappa shape index (κ3) is 4.35. The third-order valence-corrected chi connectivity index (χ3v) is 4.31. The van der Waals surface area contributed by atoms with Gasteiger partial charge in [-0.3, -0.25) is 4.90 Å². The highest BCUT2D eigenvalue weighted by Crippen LogP contribution is 2.23. The van der Waals surface area contributed by atoms with E-state index in [0.717, 1.165) is 24.2 Å². The van der Waals surface area contributed by atoms with Crippen molar-refractivity contribution in [3.8, 4) is 11.8 Å². The first-order chi connectivity index (χ1) is 11.8. The Bertz CT molecular complexity index is 721. The Hall–Kier alpha value is -2.34. The van der Waals surface area contributed by atoms with Crippen LogP contribution >= 0.6 is 0 Å². The monoisotopic (exact) mass is 317 g/mol. The molecule has 1 saturated heterocycles. The minimum Gasteiger partial charge on any atom is -0.370 e. The number of likely N-dealkylation sites (tertiary alicyclic amines) is 1. The molecular formula is C22H23NO. The molecule has 0 spiro atoms. The summed E-state index contributed by atoms with van der Waals surface area (Å²) in [5.74, 6) is 6.26. The molecule has 1 aliphatic rings. The van der Waals surface area contributed by atoms with Crippen LogP contribution in [0.5, 0.6) is 0 Å². The highest BCUT2D eigenvalue weighted by atomic mass is 16.3. The average Bonchev–Trinajstić information content (AvgIpc) is 3.15. The molecule has 1 fully saturated rings. The molecule has 2 aromatic carbocycles. The molecule has 0 aromatic heterocycles. The van der Waals surface area contributed by atoms with Crippen LogP contribution in [0, 0.1) is 11.8 Å². The Labute approximate surface area is 144 Å². The van der Waals surface area contributed by atoms with Gasteiger partial charge in [0.05, 0.1) is 6.54 Å². The van der Waals surface area contributed by atoms with Gasteiger partial charge in [0.15, 0.2) is 5.60 Å². The van der Waals surface area contributed by atoms with Gasteiger partial charge in [0.25, 0.3) is 0 Å². The molecule has 2 heteroatoms. The number of hydrogen-bond acceptors (Lipinski definition) is 2. The fourth-order valence-electron chi connectivity index (χ4n) is 2.91. The number of rotatable bonds is 4. The van der Waals surface area contributed by atoms with Crippen LogP contribution in [0.25, 0.3) is 6.08 Å². The highest BCUT2D eigenvalue weighted by Gasteiger charge is 2.23. The first-order valence-electron chi connectivity index (χ1n) is 8.51. The lowest BCUT2D eigenvalue weighted by Gasteiger charge is -2.19. The van der Waals surface area contributed by atoms with Gasteiger partial charge in [-0.2, -0.15) is 0 Å². The number of hydrogen-bond donors (Lipinski definition) is 1. The Morgan fingerprint density at radius 1 is 0.958 bits per heavy atom. The predicted molar refractivity (Wildman–Crippen MR) is 99.3 cm³/mol. The van der Waals surface area contributed by atoms with E-state index in [1.807, 2.05) is 66.7 Å². The zero-order chi connectivity index (χ0) is 16.7. The first-order valence-corrected chi connectivity index (χ1v) is 8.51. The second kappa shape index (κ2) is 7.97. The molecule has 1 heterocycles. The molecule has 1 aliphatic heterocycles. The summed E-state index contributed by atoms with van der Waals surface area (Å²) in [7, 11) is 0. The number of nitrogens with zero attached hydrogens (tertiary/aromatic N) is 1. The zero-order valence-corrected chi connectivity index (χ0v) is 13.9. The van der Waals surface area contributed by atoms with Crippen LogP contribution in [0.15, 0.2) is 66.7 Å². The zero-order valence-electron chi connectivity index (χ0n) is 13.9. The van der Waals surface area contributed by atoms with Crippen molar-refractivity contribution in [1.82, 2.24) is 4.90 Å². The molecule has 1 N–H and O–H groups in total. The average molecular weight is 317 g/mol. The van der Waals surface area contributed by atoms with Crippen molar-refractivity contribution in [3.05, 3.63) is 77.9 Å². The topological polar surface area (TPSA) is 23.5 Å². The molecule has 2 nitrogen and oxygen atoms in total. The summed E-state index contributed by atoms with van der Waals surface area (Å²) in [6.45, 7) is 2.94. The van der Waals surface area contributed by atoms with E-state index >= 15 is 0 Å². The summed E-state index contributed by atoms with van der Waals surface area (Å²) in [4.78, 5) is 2.33. The van der Waals surface area contributed by atoms with Crippen molar-refractivity contribution >= 4 is 6.08 Å². The minimum absolute atomic E-state index is 0.717. The second-order valence-electron chi connectivity index (χ2n) is 6.16. The van der Waals surface area contributed by atoms with Crippen LogP contribution in [0.1, 0.15) is 24.0 Å². The molecule has 0 amide bonds. The van der Waals surface area contributed by atoms with E-state index < -0.39 is 5.60 Å². The van der Waals surface area contributed by atoms with E-state index in [4.69, 9.17) is 0 Å². The minimum atomic E-state index is -1.27. The summed E-state index contributed by atoms with van der Waals surface area (Å²) < 4.78 is 0. The highest BCUT2D eigenvalue weighted by molar-refractivity contribution is 5.53. The normalized spacial score (nSPS) is 17.4. The SMILES string of the molecule is OC(C#CCN1CCCC1)(/C=C/c1ccccc1)c1ccccc1. The molecule has 1 unspecified atom stereocenters. The van der Waals surface area contributed by atoms with Gasteiger partial charge in [0, 0.05) is 0 Å². The van der Waals surface area contributed by atoms with E-state index in [-0.39, 0.29) is 0 Å². The maximum absolute atomic E-state index is 11.1. The maximum atomic E-state index is 11.1. The molecule has 2 aromatic rings. The van der Waals surface area contributed by atoms with Gasteiger partial charge >= 0.3 is 0 Å². The van der Waals surface area contributed by atoms with Gasteiger partial charge in [-0.25, -0.2) is 0 Å². The van der Waals surface area contributed by atoms with Gasteiger partial charge in [-0.15, -0.1) is 0 Å². The fraction of sp³-hybridized carbons (Fsp3) is 0.273. The molecule has 0 bridgehead atoms. The predicted octanol–water partition coefficient (Wildman–Crippen LogP) is 3.69. The van der Waals surface area contributed by atoms with Crippen molar-refractivity contribution in [2.24, 2.45) is 0 Å². The van der Waals surface area contributed by atoms with Crippen molar-refractivity contribution in [3.63, 3.8) is 0 Å². The Balaban J connectivity index is 1.83. The lowest BCUT2D eigenvalue weighted by Crippen LogP contribution is -2.23. The van der Waals surface area contributed by atoms with E-state index in [1.165, 1.54) is 12.8 Å². The third-order valence-electron chi connectivity index (χ3n) is 4.31. The van der Waals surface area contributed by atoms with Crippen LogP contribution in [0.4, 0.5) is 0 Å². The summed E-state index contributed by atoms with van der Waals surface area (Å²) in [6.07, 6.45) is 6.21. The van der Waals surface area contributed by atoms with E-state index in [0.29, 0.717) is 6.54 Å². The Morgan fingerprint density at radius 3 is 2.25 bits per heavy atom. The van der Waals surface area contributed by atoms with Gasteiger partial charge in [0.1, 0.15) is 0 Å². The van der Waals surface area contributed by atoms with Crippen LogP contribution in [-0.4, -0.2) is 29.6 Å². The van der Waals surface area contributed by atoms with Crippen LogP contribution in [0.2, 0.25) is 0 Å². The number of aliphatic hydroxyl groups is 1. The molecule has 24 heavy (non-hydrogen) atoms. The van der Waals surface area contributed by atoms with Crippen molar-refractivity contribution in [1.29, 1.82) is 0 Å². The van der Waals surface area contributed by atoms with Gasteiger partial charge in [-0.1, -0.05) is 78.6 Å². The molecule has 0 saturated carbocycles. The summed E-state index contributed by atoms with van der Waals surface area (Å²) in [5.41, 5.74) is 0.580. The maximum Gasteiger partial charge on any atom is 0.170 e. The summed E-state index contributed by atoms with van der Waals surface area (Å²) in [6, 6.07) is 19.6. The molecule has 3 rings (SSSR count). The molecule has 122 valence electrons. The Morgan fingerprint density at radius 2 is 1.58 bits per heavy atom. The van der Waals surface area contributed by atoms with Gasteiger partial charge in [-0.05, 0) is 43.1 Å². The molecule has 0 radical (unpaired) electrons. The summed E-state index contributed by atoms with van der Waals surface area (Å²) in [5, 5.41) is 11.1. The van der Waals surface area contributed by atoms with E-state index in [1.54, 1.807) is 6.08 Å². The first kappa shape index (κ1) is 16.5. The van der Waals surface area contributed by atoms with Gasteiger partial charge in [0.2, 0.25) is 0 Å². The molecular weight excluding hydrogens is 294 g/mol. The van der Waals surface area contributed by atoms with E-state index in [2.05, 4.69) is 16.7 Å². The fourth-order valence-corrected chi connectivity index (χ4v) is 2.91. The van der Waals surface area contributed by atoms with Crippen LogP contribution in [-0.2, 0) is 5.60 Å². The lowest BCUT2D eigenvalue weighted by molar-refractivity contribution is 0.154. The summed E-state index contributed by atoms with van der Waals surface area (Å²) >= 11 is 0. The van der Waals surface area contributed by atoms with Crippen LogP contribution < -0.4 is 0 Å². The Kier molecular flexibility index (Phi) is 5.48. The molecule has 0 aliphatic carbocycles. The smallest absolute Gasteiger partial charge is 0.170 e. The van der Waals surface area contributed by atoms with Gasteiger partial charge < -0.3 is 5.11 Å². The standard InChI is InChI=1S/C22H23NO/c24-22(21-12-5-2-6-13-21,15-9-19-23-17-7-8-18-23)16-14-20-10-3-1-4-11-20/h1-6,10-14,16,24H,7-8,17-19H2/b16-14+. The van der Waals surface area contributed by atoms with Crippen molar-refractivity contribution < 1.29 is 5.11 Å². The quantitative estimate of drug-likeness (QED) is 0.870.